The van der Waals surface area contributed by atoms with Gasteiger partial charge in [-0.1, -0.05) is 43.2 Å². The second-order valence-corrected chi connectivity index (χ2v) is 6.16. The Balaban J connectivity index is 2.15. The lowest BCUT2D eigenvalue weighted by Gasteiger charge is -2.23. The molecule has 5 nitrogen and oxygen atoms in total. The van der Waals surface area contributed by atoms with Crippen LogP contribution in [0.5, 0.6) is 5.75 Å². The van der Waals surface area contributed by atoms with Gasteiger partial charge in [0, 0.05) is 19.3 Å². The van der Waals surface area contributed by atoms with Gasteiger partial charge < -0.3 is 14.2 Å². The van der Waals surface area contributed by atoms with Gasteiger partial charge in [-0.15, -0.1) is 0 Å². The van der Waals surface area contributed by atoms with Crippen LogP contribution in [0.25, 0.3) is 0 Å². The minimum absolute atomic E-state index is 0.0195. The van der Waals surface area contributed by atoms with E-state index in [-0.39, 0.29) is 23.8 Å². The minimum Gasteiger partial charge on any atom is -0.491 e. The Labute approximate surface area is 148 Å². The smallest absolute Gasteiger partial charge is 0.293 e. The molecule has 2 aromatic rings. The SMILES string of the molecule is CCCCN(Cc1ccc(C)cc1)C(=O)Cn1cccc(OC)c1=O. The number of ether oxygens (including phenoxy) is 1. The second kappa shape index (κ2) is 9.06. The molecule has 25 heavy (non-hydrogen) atoms. The van der Waals surface area contributed by atoms with Crippen molar-refractivity contribution in [3.8, 4) is 5.75 Å². The molecule has 0 bridgehead atoms. The normalized spacial score (nSPS) is 10.5. The third kappa shape index (κ3) is 5.21. The van der Waals surface area contributed by atoms with E-state index in [0.717, 1.165) is 18.4 Å². The van der Waals surface area contributed by atoms with Crippen molar-refractivity contribution in [3.63, 3.8) is 0 Å². The van der Waals surface area contributed by atoms with Crippen LogP contribution in [-0.2, 0) is 17.9 Å². The highest BCUT2D eigenvalue weighted by Gasteiger charge is 2.15. The zero-order valence-electron chi connectivity index (χ0n) is 15.2. The largest absolute Gasteiger partial charge is 0.491 e. The van der Waals surface area contributed by atoms with Gasteiger partial charge in [0.1, 0.15) is 6.54 Å². The molecule has 0 atom stereocenters. The number of methoxy groups -OCH3 is 1. The van der Waals surface area contributed by atoms with Crippen molar-refractivity contribution >= 4 is 5.91 Å². The lowest BCUT2D eigenvalue weighted by molar-refractivity contribution is -0.132. The number of nitrogens with zero attached hydrogens (tertiary/aromatic N) is 2. The highest BCUT2D eigenvalue weighted by molar-refractivity contribution is 5.76. The lowest BCUT2D eigenvalue weighted by atomic mass is 10.1. The van der Waals surface area contributed by atoms with Crippen LogP contribution in [0.4, 0.5) is 0 Å². The molecule has 0 saturated carbocycles. The Morgan fingerprint density at radius 3 is 2.56 bits per heavy atom. The number of hydrogen-bond acceptors (Lipinski definition) is 3. The number of aryl methyl sites for hydroxylation is 1. The number of aromatic nitrogens is 1. The molecule has 0 radical (unpaired) electrons. The van der Waals surface area contributed by atoms with Crippen LogP contribution in [0.3, 0.4) is 0 Å². The summed E-state index contributed by atoms with van der Waals surface area (Å²) in [4.78, 5) is 26.8. The Morgan fingerprint density at radius 1 is 1.20 bits per heavy atom. The standard InChI is InChI=1S/C20H26N2O3/c1-4-5-12-21(14-17-10-8-16(2)9-11-17)19(23)15-22-13-6-7-18(25-3)20(22)24/h6-11,13H,4-5,12,14-15H2,1-3H3. The average molecular weight is 342 g/mol. The number of rotatable bonds is 8. The topological polar surface area (TPSA) is 51.5 Å². The highest BCUT2D eigenvalue weighted by atomic mass is 16.5. The Morgan fingerprint density at radius 2 is 1.92 bits per heavy atom. The molecule has 0 fully saturated rings. The summed E-state index contributed by atoms with van der Waals surface area (Å²) in [6.07, 6.45) is 3.56. The first kappa shape index (κ1) is 18.8. The fraction of sp³-hybridized carbons (Fsp3) is 0.400. The predicted octanol–water partition coefficient (Wildman–Crippen LogP) is 2.99. The van der Waals surface area contributed by atoms with Crippen molar-refractivity contribution in [2.24, 2.45) is 0 Å². The van der Waals surface area contributed by atoms with Gasteiger partial charge >= 0.3 is 0 Å². The van der Waals surface area contributed by atoms with Gasteiger partial charge in [-0.3, -0.25) is 9.59 Å². The molecule has 1 heterocycles. The van der Waals surface area contributed by atoms with Gasteiger partial charge in [-0.2, -0.15) is 0 Å². The van der Waals surface area contributed by atoms with E-state index < -0.39 is 0 Å². The summed E-state index contributed by atoms with van der Waals surface area (Å²) in [6, 6.07) is 11.5. The first-order chi connectivity index (χ1) is 12.0. The van der Waals surface area contributed by atoms with Crippen LogP contribution in [0.2, 0.25) is 0 Å². The van der Waals surface area contributed by atoms with E-state index in [2.05, 4.69) is 6.92 Å². The number of pyridine rings is 1. The summed E-state index contributed by atoms with van der Waals surface area (Å²) in [5.74, 6) is 0.179. The molecular weight excluding hydrogens is 316 g/mol. The quantitative estimate of drug-likeness (QED) is 0.741. The monoisotopic (exact) mass is 342 g/mol. The van der Waals surface area contributed by atoms with Crippen molar-refractivity contribution in [1.82, 2.24) is 9.47 Å². The number of unbranched alkanes of at least 4 members (excludes halogenated alkanes) is 1. The molecular formula is C20H26N2O3. The van der Waals surface area contributed by atoms with Gasteiger partial charge in [-0.05, 0) is 31.0 Å². The molecule has 0 N–H and O–H groups in total. The summed E-state index contributed by atoms with van der Waals surface area (Å²) in [5.41, 5.74) is 2.00. The predicted molar refractivity (Wildman–Crippen MR) is 98.8 cm³/mol. The first-order valence-electron chi connectivity index (χ1n) is 8.62. The number of amides is 1. The molecule has 0 aliphatic rings. The molecule has 0 aliphatic heterocycles. The minimum atomic E-state index is -0.288. The second-order valence-electron chi connectivity index (χ2n) is 6.16. The molecule has 1 aromatic carbocycles. The van der Waals surface area contributed by atoms with Gasteiger partial charge in [0.05, 0.1) is 7.11 Å². The van der Waals surface area contributed by atoms with Crippen LogP contribution in [0.15, 0.2) is 47.4 Å². The van der Waals surface area contributed by atoms with Gasteiger partial charge in [0.2, 0.25) is 5.91 Å². The van der Waals surface area contributed by atoms with E-state index in [1.807, 2.05) is 36.1 Å². The highest BCUT2D eigenvalue weighted by Crippen LogP contribution is 2.09. The molecule has 5 heteroatoms. The molecule has 1 amide bonds. The van der Waals surface area contributed by atoms with Crippen molar-refractivity contribution < 1.29 is 9.53 Å². The molecule has 0 aliphatic carbocycles. The lowest BCUT2D eigenvalue weighted by Crippen LogP contribution is -2.36. The number of hydrogen-bond donors (Lipinski definition) is 0. The van der Waals surface area contributed by atoms with Crippen LogP contribution < -0.4 is 10.3 Å². The average Bonchev–Trinajstić information content (AvgIpc) is 2.62. The number of carbonyl (C=O) groups excluding carboxylic acids is 1. The summed E-state index contributed by atoms with van der Waals surface area (Å²) < 4.78 is 6.44. The van der Waals surface area contributed by atoms with Crippen molar-refractivity contribution in [2.45, 2.75) is 39.8 Å². The summed E-state index contributed by atoms with van der Waals surface area (Å²) in [6.45, 7) is 5.39. The van der Waals surface area contributed by atoms with E-state index >= 15 is 0 Å². The van der Waals surface area contributed by atoms with Crippen molar-refractivity contribution in [2.75, 3.05) is 13.7 Å². The third-order valence-electron chi connectivity index (χ3n) is 4.14. The van der Waals surface area contributed by atoms with Crippen molar-refractivity contribution in [3.05, 3.63) is 64.1 Å². The van der Waals surface area contributed by atoms with E-state index in [1.165, 1.54) is 17.2 Å². The molecule has 1 aromatic heterocycles. The summed E-state index contributed by atoms with van der Waals surface area (Å²) in [7, 11) is 1.45. The molecule has 2 rings (SSSR count). The van der Waals surface area contributed by atoms with E-state index in [0.29, 0.717) is 13.1 Å². The summed E-state index contributed by atoms with van der Waals surface area (Å²) >= 11 is 0. The molecule has 0 spiro atoms. The fourth-order valence-corrected chi connectivity index (χ4v) is 2.60. The Bertz CT molecular complexity index is 750. The maximum atomic E-state index is 12.8. The zero-order valence-corrected chi connectivity index (χ0v) is 15.2. The van der Waals surface area contributed by atoms with E-state index in [4.69, 9.17) is 4.74 Å². The summed E-state index contributed by atoms with van der Waals surface area (Å²) in [5, 5.41) is 0. The number of carbonyl (C=O) groups is 1. The first-order valence-corrected chi connectivity index (χ1v) is 8.62. The molecule has 0 unspecified atom stereocenters. The zero-order chi connectivity index (χ0) is 18.2. The molecule has 0 saturated heterocycles. The number of benzene rings is 1. The van der Waals surface area contributed by atoms with Crippen LogP contribution >= 0.6 is 0 Å². The van der Waals surface area contributed by atoms with Crippen molar-refractivity contribution in [1.29, 1.82) is 0 Å². The van der Waals surface area contributed by atoms with Gasteiger partial charge in [-0.25, -0.2) is 0 Å². The van der Waals surface area contributed by atoms with Crippen LogP contribution in [0.1, 0.15) is 30.9 Å². The van der Waals surface area contributed by atoms with Gasteiger partial charge in [0.15, 0.2) is 5.75 Å². The van der Waals surface area contributed by atoms with E-state index in [1.54, 1.807) is 18.3 Å². The Kier molecular flexibility index (Phi) is 6.81. The van der Waals surface area contributed by atoms with E-state index in [9.17, 15) is 9.59 Å². The molecule has 134 valence electrons. The maximum Gasteiger partial charge on any atom is 0.293 e. The third-order valence-corrected chi connectivity index (χ3v) is 4.14. The maximum absolute atomic E-state index is 12.8. The fourth-order valence-electron chi connectivity index (χ4n) is 2.60. The van der Waals surface area contributed by atoms with Crippen LogP contribution in [-0.4, -0.2) is 29.0 Å². The van der Waals surface area contributed by atoms with Gasteiger partial charge in [0.25, 0.3) is 5.56 Å². The van der Waals surface area contributed by atoms with Crippen LogP contribution in [0, 0.1) is 6.92 Å². The Hall–Kier alpha value is -2.56.